The van der Waals surface area contributed by atoms with Gasteiger partial charge in [0.25, 0.3) is 5.91 Å². The molecule has 6 nitrogen and oxygen atoms in total. The van der Waals surface area contributed by atoms with Crippen molar-refractivity contribution in [1.82, 2.24) is 9.80 Å². The van der Waals surface area contributed by atoms with Crippen molar-refractivity contribution >= 4 is 34.8 Å². The molecule has 0 bridgehead atoms. The van der Waals surface area contributed by atoms with Crippen molar-refractivity contribution < 1.29 is 23.5 Å². The smallest absolute Gasteiger partial charge is 0.254 e. The molecule has 3 aromatic rings. The number of ether oxygens (including phenoxy) is 2. The molecule has 35 heavy (non-hydrogen) atoms. The second kappa shape index (κ2) is 11.7. The molecule has 1 aliphatic rings. The van der Waals surface area contributed by atoms with Crippen molar-refractivity contribution in [2.45, 2.75) is 12.5 Å². The molecule has 2 heterocycles. The van der Waals surface area contributed by atoms with E-state index in [2.05, 4.69) is 0 Å². The van der Waals surface area contributed by atoms with Gasteiger partial charge in [0.2, 0.25) is 5.91 Å². The summed E-state index contributed by atoms with van der Waals surface area (Å²) in [4.78, 5) is 31.1. The third-order valence-corrected chi connectivity index (χ3v) is 7.10. The summed E-state index contributed by atoms with van der Waals surface area (Å²) in [5, 5.41) is 2.45. The summed E-state index contributed by atoms with van der Waals surface area (Å²) in [5.41, 5.74) is 1.43. The van der Waals surface area contributed by atoms with E-state index in [1.54, 1.807) is 59.7 Å². The van der Waals surface area contributed by atoms with Gasteiger partial charge in [-0.1, -0.05) is 23.7 Å². The molecule has 0 saturated heterocycles. The maximum atomic E-state index is 13.6. The predicted octanol–water partition coefficient (Wildman–Crippen LogP) is 4.83. The molecule has 0 radical (unpaired) electrons. The summed E-state index contributed by atoms with van der Waals surface area (Å²) < 4.78 is 24.7. The van der Waals surface area contributed by atoms with E-state index in [1.807, 2.05) is 11.4 Å². The molecule has 0 fully saturated rings. The molecule has 0 unspecified atom stereocenters. The van der Waals surface area contributed by atoms with Crippen LogP contribution in [0.5, 0.6) is 5.75 Å². The van der Waals surface area contributed by atoms with Gasteiger partial charge in [0.05, 0.1) is 12.6 Å². The van der Waals surface area contributed by atoms with E-state index in [4.69, 9.17) is 21.1 Å². The number of rotatable bonds is 9. The van der Waals surface area contributed by atoms with Crippen LogP contribution in [0.15, 0.2) is 60.0 Å². The monoisotopic (exact) mass is 516 g/mol. The molecule has 1 aromatic heterocycles. The first-order chi connectivity index (χ1) is 17.0. The van der Waals surface area contributed by atoms with E-state index in [0.29, 0.717) is 29.5 Å². The van der Waals surface area contributed by atoms with Crippen LogP contribution in [0.25, 0.3) is 0 Å². The van der Waals surface area contributed by atoms with E-state index >= 15 is 0 Å². The van der Waals surface area contributed by atoms with Crippen LogP contribution in [-0.4, -0.2) is 61.6 Å². The van der Waals surface area contributed by atoms with E-state index in [0.717, 1.165) is 12.0 Å². The van der Waals surface area contributed by atoms with Crippen LogP contribution in [0, 0.1) is 5.82 Å². The quantitative estimate of drug-likeness (QED) is 0.408. The summed E-state index contributed by atoms with van der Waals surface area (Å²) in [6.45, 7) is 1.13. The molecule has 2 aromatic carbocycles. The Morgan fingerprint density at radius 1 is 1.20 bits per heavy atom. The van der Waals surface area contributed by atoms with Crippen molar-refractivity contribution in [3.8, 4) is 5.75 Å². The molecule has 0 N–H and O–H groups in total. The highest BCUT2D eigenvalue weighted by molar-refractivity contribution is 7.10. The molecule has 0 spiro atoms. The van der Waals surface area contributed by atoms with E-state index in [1.165, 1.54) is 21.9 Å². The highest BCUT2D eigenvalue weighted by atomic mass is 35.5. The van der Waals surface area contributed by atoms with Gasteiger partial charge in [-0.25, -0.2) is 4.39 Å². The minimum Gasteiger partial charge on any atom is -0.491 e. The predicted molar refractivity (Wildman–Crippen MR) is 134 cm³/mol. The first-order valence-electron chi connectivity index (χ1n) is 11.2. The Bertz CT molecular complexity index is 1190. The second-order valence-electron chi connectivity index (χ2n) is 8.15. The topological polar surface area (TPSA) is 59.1 Å². The molecular weight excluding hydrogens is 491 g/mol. The Labute approximate surface area is 212 Å². The Kier molecular flexibility index (Phi) is 8.38. The molecule has 1 atom stereocenters. The van der Waals surface area contributed by atoms with Crippen molar-refractivity contribution in [3.63, 3.8) is 0 Å². The fourth-order valence-corrected chi connectivity index (χ4v) is 5.24. The third kappa shape index (κ3) is 6.20. The molecule has 184 valence electrons. The average Bonchev–Trinajstić information content (AvgIpc) is 3.34. The third-order valence-electron chi connectivity index (χ3n) is 5.87. The first-order valence-corrected chi connectivity index (χ1v) is 12.5. The maximum absolute atomic E-state index is 13.6. The van der Waals surface area contributed by atoms with E-state index in [9.17, 15) is 14.0 Å². The number of amides is 2. The number of carbonyl (C=O) groups is 2. The van der Waals surface area contributed by atoms with Crippen LogP contribution in [0.1, 0.15) is 26.8 Å². The fraction of sp³-hybridized carbons (Fsp3) is 0.308. The molecule has 1 aliphatic heterocycles. The minimum atomic E-state index is -0.386. The number of thiophene rings is 1. The summed E-state index contributed by atoms with van der Waals surface area (Å²) >= 11 is 7.72. The molecule has 0 saturated carbocycles. The standard InChI is InChI=1S/C26H26ClFN2O4S/c1-33-12-11-29(26(32)18-4-2-5-19(27)14-18)16-25(31)30-10-8-24-22(9-13-35-24)23(30)17-34-21-7-3-6-20(28)15-21/h2-7,9,13-15,23H,8,10-12,16-17H2,1H3/t23-/m0/s1. The molecule has 2 amide bonds. The van der Waals surface area contributed by atoms with Gasteiger partial charge in [0.1, 0.15) is 24.7 Å². The first kappa shape index (κ1) is 25.2. The number of methoxy groups -OCH3 is 1. The molecule has 0 aliphatic carbocycles. The molecule has 4 rings (SSSR count). The molecule has 9 heteroatoms. The number of halogens is 2. The lowest BCUT2D eigenvalue weighted by Gasteiger charge is -2.37. The van der Waals surface area contributed by atoms with Gasteiger partial charge in [-0.05, 0) is 53.8 Å². The summed E-state index contributed by atoms with van der Waals surface area (Å²) in [7, 11) is 1.55. The summed E-state index contributed by atoms with van der Waals surface area (Å²) in [6.07, 6.45) is 0.732. The van der Waals surface area contributed by atoms with Crippen LogP contribution >= 0.6 is 22.9 Å². The van der Waals surface area contributed by atoms with Crippen LogP contribution < -0.4 is 4.74 Å². The Morgan fingerprint density at radius 3 is 2.80 bits per heavy atom. The summed E-state index contributed by atoms with van der Waals surface area (Å²) in [5.74, 6) is -0.471. The van der Waals surface area contributed by atoms with Crippen LogP contribution in [-0.2, 0) is 16.0 Å². The lowest BCUT2D eigenvalue weighted by Crippen LogP contribution is -2.48. The Hall–Kier alpha value is -2.94. The zero-order valence-electron chi connectivity index (χ0n) is 19.3. The van der Waals surface area contributed by atoms with E-state index < -0.39 is 0 Å². The number of hydrogen-bond donors (Lipinski definition) is 0. The van der Waals surface area contributed by atoms with Gasteiger partial charge in [0, 0.05) is 41.7 Å². The highest BCUT2D eigenvalue weighted by Crippen LogP contribution is 2.34. The average molecular weight is 517 g/mol. The highest BCUT2D eigenvalue weighted by Gasteiger charge is 2.33. The number of nitrogens with zero attached hydrogens (tertiary/aromatic N) is 2. The largest absolute Gasteiger partial charge is 0.491 e. The van der Waals surface area contributed by atoms with Crippen molar-refractivity contribution in [2.75, 3.05) is 40.0 Å². The van der Waals surface area contributed by atoms with Crippen molar-refractivity contribution in [1.29, 1.82) is 0 Å². The van der Waals surface area contributed by atoms with Crippen LogP contribution in [0.3, 0.4) is 0 Å². The Morgan fingerprint density at radius 2 is 2.03 bits per heavy atom. The zero-order chi connectivity index (χ0) is 24.8. The number of benzene rings is 2. The molecular formula is C26H26ClFN2O4S. The lowest BCUT2D eigenvalue weighted by atomic mass is 10.0. The zero-order valence-corrected chi connectivity index (χ0v) is 20.9. The maximum Gasteiger partial charge on any atom is 0.254 e. The van der Waals surface area contributed by atoms with Gasteiger partial charge in [-0.2, -0.15) is 0 Å². The number of fused-ring (bicyclic) bond motifs is 1. The fourth-order valence-electron chi connectivity index (χ4n) is 4.12. The SMILES string of the molecule is COCCN(CC(=O)N1CCc2sccc2[C@@H]1COc1cccc(F)c1)C(=O)c1cccc(Cl)c1. The summed E-state index contributed by atoms with van der Waals surface area (Å²) in [6, 6.07) is 14.3. The van der Waals surface area contributed by atoms with Crippen molar-refractivity contribution in [2.24, 2.45) is 0 Å². The Balaban J connectivity index is 1.53. The van der Waals surface area contributed by atoms with Crippen LogP contribution in [0.4, 0.5) is 4.39 Å². The van der Waals surface area contributed by atoms with Gasteiger partial charge in [-0.15, -0.1) is 11.3 Å². The number of carbonyl (C=O) groups excluding carboxylic acids is 2. The van der Waals surface area contributed by atoms with Crippen molar-refractivity contribution in [3.05, 3.63) is 86.8 Å². The second-order valence-corrected chi connectivity index (χ2v) is 9.59. The van der Waals surface area contributed by atoms with Gasteiger partial charge >= 0.3 is 0 Å². The normalized spacial score (nSPS) is 14.9. The van der Waals surface area contributed by atoms with E-state index in [-0.39, 0.29) is 43.4 Å². The minimum absolute atomic E-state index is 0.107. The van der Waals surface area contributed by atoms with Gasteiger partial charge in [-0.3, -0.25) is 9.59 Å². The van der Waals surface area contributed by atoms with Gasteiger partial charge in [0.15, 0.2) is 0 Å². The van der Waals surface area contributed by atoms with Gasteiger partial charge < -0.3 is 19.3 Å². The lowest BCUT2D eigenvalue weighted by molar-refractivity contribution is -0.135. The number of hydrogen-bond acceptors (Lipinski definition) is 5. The van der Waals surface area contributed by atoms with Crippen LogP contribution in [0.2, 0.25) is 5.02 Å².